The number of carbonyl (C=O) groups excluding carboxylic acids is 2. The second-order valence-corrected chi connectivity index (χ2v) is 6.75. The van der Waals surface area contributed by atoms with E-state index in [1.54, 1.807) is 48.5 Å². The molecule has 0 atom stereocenters. The highest BCUT2D eigenvalue weighted by Gasteiger charge is 2.09. The fourth-order valence-electron chi connectivity index (χ4n) is 2.48. The van der Waals surface area contributed by atoms with Gasteiger partial charge < -0.3 is 9.47 Å². The van der Waals surface area contributed by atoms with Crippen LogP contribution in [-0.4, -0.2) is 24.7 Å². The Hall–Kier alpha value is -3.64. The number of carbonyl (C=O) groups is 2. The summed E-state index contributed by atoms with van der Waals surface area (Å²) in [4.78, 5) is 24.0. The molecule has 0 aliphatic carbocycles. The summed E-state index contributed by atoms with van der Waals surface area (Å²) >= 11 is 5.88. The Balaban J connectivity index is 1.48. The summed E-state index contributed by atoms with van der Waals surface area (Å²) < 4.78 is 10.8. The summed E-state index contributed by atoms with van der Waals surface area (Å²) in [6, 6.07) is 20.6. The van der Waals surface area contributed by atoms with Crippen LogP contribution in [0.25, 0.3) is 0 Å². The molecule has 0 saturated carbocycles. The molecule has 0 aromatic heterocycles. The minimum absolute atomic E-state index is 0.138. The molecule has 1 amide bonds. The highest BCUT2D eigenvalue weighted by molar-refractivity contribution is 6.30. The van der Waals surface area contributed by atoms with Crippen LogP contribution in [0, 0.1) is 6.92 Å². The van der Waals surface area contributed by atoms with E-state index in [1.165, 1.54) is 12.3 Å². The maximum absolute atomic E-state index is 12.1. The van der Waals surface area contributed by atoms with Crippen LogP contribution in [0.1, 0.15) is 21.5 Å². The van der Waals surface area contributed by atoms with Crippen molar-refractivity contribution in [3.8, 4) is 11.5 Å². The van der Waals surface area contributed by atoms with E-state index in [9.17, 15) is 9.59 Å². The summed E-state index contributed by atoms with van der Waals surface area (Å²) in [5.41, 5.74) is 4.44. The van der Waals surface area contributed by atoms with Crippen molar-refractivity contribution < 1.29 is 19.1 Å². The summed E-state index contributed by atoms with van der Waals surface area (Å²) in [6.45, 7) is 1.77. The highest BCUT2D eigenvalue weighted by atomic mass is 35.5. The lowest BCUT2D eigenvalue weighted by molar-refractivity contribution is -0.123. The zero-order valence-electron chi connectivity index (χ0n) is 16.2. The second kappa shape index (κ2) is 10.2. The first-order valence-corrected chi connectivity index (χ1v) is 9.47. The Kier molecular flexibility index (Phi) is 7.19. The maximum atomic E-state index is 12.1. The largest absolute Gasteiger partial charge is 0.483 e. The summed E-state index contributed by atoms with van der Waals surface area (Å²) in [5.74, 6) is 0.161. The fraction of sp³-hybridized carbons (Fsp3) is 0.0870. The molecule has 3 aromatic rings. The Labute approximate surface area is 179 Å². The molecule has 1 N–H and O–H groups in total. The number of aryl methyl sites for hydroxylation is 1. The van der Waals surface area contributed by atoms with E-state index in [1.807, 2.05) is 25.1 Å². The van der Waals surface area contributed by atoms with Crippen LogP contribution in [0.3, 0.4) is 0 Å². The number of ether oxygens (including phenoxy) is 2. The van der Waals surface area contributed by atoms with Gasteiger partial charge >= 0.3 is 5.97 Å². The number of nitrogens with zero attached hydrogens (tertiary/aromatic N) is 1. The summed E-state index contributed by atoms with van der Waals surface area (Å²) in [6.07, 6.45) is 1.48. The Morgan fingerprint density at radius 1 is 1.03 bits per heavy atom. The zero-order valence-corrected chi connectivity index (χ0v) is 16.9. The van der Waals surface area contributed by atoms with Crippen molar-refractivity contribution in [1.29, 1.82) is 0 Å². The van der Waals surface area contributed by atoms with Gasteiger partial charge in [0.05, 0.1) is 11.8 Å². The van der Waals surface area contributed by atoms with Gasteiger partial charge in [-0.05, 0) is 66.6 Å². The predicted octanol–water partition coefficient (Wildman–Crippen LogP) is 4.40. The molecular weight excluding hydrogens is 404 g/mol. The normalized spacial score (nSPS) is 10.6. The Bertz CT molecular complexity index is 1060. The van der Waals surface area contributed by atoms with Gasteiger partial charge in [-0.25, -0.2) is 10.2 Å². The molecule has 152 valence electrons. The van der Waals surface area contributed by atoms with E-state index in [4.69, 9.17) is 21.1 Å². The van der Waals surface area contributed by atoms with Gasteiger partial charge in [-0.1, -0.05) is 35.9 Å². The molecule has 0 unspecified atom stereocenters. The molecule has 30 heavy (non-hydrogen) atoms. The third kappa shape index (κ3) is 6.18. The topological polar surface area (TPSA) is 77.0 Å². The summed E-state index contributed by atoms with van der Waals surface area (Å²) in [7, 11) is 0. The van der Waals surface area contributed by atoms with Gasteiger partial charge in [0.2, 0.25) is 0 Å². The van der Waals surface area contributed by atoms with Gasteiger partial charge in [0, 0.05) is 5.02 Å². The van der Waals surface area contributed by atoms with Crippen molar-refractivity contribution in [2.45, 2.75) is 6.92 Å². The number of hydrazone groups is 1. The van der Waals surface area contributed by atoms with Gasteiger partial charge in [0.1, 0.15) is 11.5 Å². The van der Waals surface area contributed by atoms with Gasteiger partial charge in [0.15, 0.2) is 6.61 Å². The molecule has 0 radical (unpaired) electrons. The van der Waals surface area contributed by atoms with Crippen molar-refractivity contribution in [2.75, 3.05) is 6.61 Å². The molecule has 3 aromatic carbocycles. The van der Waals surface area contributed by atoms with Crippen LogP contribution < -0.4 is 14.9 Å². The third-order valence-electron chi connectivity index (χ3n) is 4.01. The number of rotatable bonds is 7. The molecule has 0 aliphatic rings. The SMILES string of the molecule is Cc1ccccc1OCC(=O)N/N=C\c1ccc(OC(=O)c2cccc(Cl)c2)cc1. The van der Waals surface area contributed by atoms with Crippen LogP contribution in [0.15, 0.2) is 77.9 Å². The lowest BCUT2D eigenvalue weighted by atomic mass is 10.2. The molecule has 3 rings (SSSR count). The molecular formula is C23H19ClN2O4. The molecule has 0 saturated heterocycles. The highest BCUT2D eigenvalue weighted by Crippen LogP contribution is 2.17. The van der Waals surface area contributed by atoms with Crippen LogP contribution in [0.2, 0.25) is 5.02 Å². The average Bonchev–Trinajstić information content (AvgIpc) is 2.74. The monoisotopic (exact) mass is 422 g/mol. The van der Waals surface area contributed by atoms with Crippen LogP contribution in [0.4, 0.5) is 0 Å². The van der Waals surface area contributed by atoms with Crippen LogP contribution >= 0.6 is 11.6 Å². The van der Waals surface area contributed by atoms with E-state index in [0.717, 1.165) is 11.1 Å². The van der Waals surface area contributed by atoms with Gasteiger partial charge in [0.25, 0.3) is 5.91 Å². The number of hydrogen-bond donors (Lipinski definition) is 1. The predicted molar refractivity (Wildman–Crippen MR) is 115 cm³/mol. The smallest absolute Gasteiger partial charge is 0.343 e. The number of benzene rings is 3. The third-order valence-corrected chi connectivity index (χ3v) is 4.24. The van der Waals surface area contributed by atoms with Gasteiger partial charge in [-0.15, -0.1) is 0 Å². The quantitative estimate of drug-likeness (QED) is 0.265. The standard InChI is InChI=1S/C23H19ClN2O4/c1-16-5-2-3-8-21(16)29-15-22(27)26-25-14-17-9-11-20(12-10-17)30-23(28)18-6-4-7-19(24)13-18/h2-14H,15H2,1H3,(H,26,27)/b25-14-. The summed E-state index contributed by atoms with van der Waals surface area (Å²) in [5, 5.41) is 4.36. The molecule has 7 heteroatoms. The fourth-order valence-corrected chi connectivity index (χ4v) is 2.67. The average molecular weight is 423 g/mol. The number of esters is 1. The number of nitrogens with one attached hydrogen (secondary N) is 1. The first-order valence-electron chi connectivity index (χ1n) is 9.09. The molecule has 0 spiro atoms. The molecule has 0 fully saturated rings. The van der Waals surface area contributed by atoms with Crippen molar-refractivity contribution in [1.82, 2.24) is 5.43 Å². The van der Waals surface area contributed by atoms with Crippen LogP contribution in [0.5, 0.6) is 11.5 Å². The minimum atomic E-state index is -0.500. The van der Waals surface area contributed by atoms with E-state index < -0.39 is 5.97 Å². The van der Waals surface area contributed by atoms with E-state index in [2.05, 4.69) is 10.5 Å². The number of halogens is 1. The van der Waals surface area contributed by atoms with Crippen molar-refractivity contribution in [3.05, 3.63) is 94.5 Å². The first-order chi connectivity index (χ1) is 14.5. The Morgan fingerprint density at radius 3 is 2.53 bits per heavy atom. The molecule has 0 aliphatic heterocycles. The van der Waals surface area contributed by atoms with Crippen LogP contribution in [-0.2, 0) is 4.79 Å². The van der Waals surface area contributed by atoms with Crippen molar-refractivity contribution in [2.24, 2.45) is 5.10 Å². The maximum Gasteiger partial charge on any atom is 0.343 e. The molecule has 0 heterocycles. The van der Waals surface area contributed by atoms with Crippen molar-refractivity contribution >= 4 is 29.7 Å². The Morgan fingerprint density at radius 2 is 1.80 bits per heavy atom. The second-order valence-electron chi connectivity index (χ2n) is 6.32. The molecule has 6 nitrogen and oxygen atoms in total. The van der Waals surface area contributed by atoms with E-state index in [-0.39, 0.29) is 12.5 Å². The number of hydrogen-bond acceptors (Lipinski definition) is 5. The lowest BCUT2D eigenvalue weighted by Gasteiger charge is -2.07. The van der Waals surface area contributed by atoms with E-state index in [0.29, 0.717) is 22.1 Å². The number of amides is 1. The lowest BCUT2D eigenvalue weighted by Crippen LogP contribution is -2.24. The zero-order chi connectivity index (χ0) is 21.3. The minimum Gasteiger partial charge on any atom is -0.483 e. The van der Waals surface area contributed by atoms with Crippen molar-refractivity contribution in [3.63, 3.8) is 0 Å². The van der Waals surface area contributed by atoms with Gasteiger partial charge in [-0.3, -0.25) is 4.79 Å². The molecule has 0 bridgehead atoms. The number of para-hydroxylation sites is 1. The van der Waals surface area contributed by atoms with Gasteiger partial charge in [-0.2, -0.15) is 5.10 Å². The first kappa shape index (κ1) is 21.1. The van der Waals surface area contributed by atoms with E-state index >= 15 is 0 Å².